The van der Waals surface area contributed by atoms with Gasteiger partial charge in [-0.3, -0.25) is 0 Å². The van der Waals surface area contributed by atoms with Crippen molar-refractivity contribution in [2.75, 3.05) is 6.54 Å². The van der Waals surface area contributed by atoms with Gasteiger partial charge in [-0.25, -0.2) is 17.8 Å². The van der Waals surface area contributed by atoms with Crippen LogP contribution in [-0.2, 0) is 23.0 Å². The first-order valence-electron chi connectivity index (χ1n) is 7.26. The lowest BCUT2D eigenvalue weighted by molar-refractivity contribution is 0.391. The Hall–Kier alpha value is -2.25. The van der Waals surface area contributed by atoms with Crippen LogP contribution < -0.4 is 0 Å². The van der Waals surface area contributed by atoms with Crippen molar-refractivity contribution in [1.29, 1.82) is 0 Å². The quantitative estimate of drug-likeness (QED) is 0.784. The molecule has 0 saturated carbocycles. The van der Waals surface area contributed by atoms with Crippen molar-refractivity contribution < 1.29 is 12.8 Å². The molecule has 0 spiro atoms. The molecule has 4 rings (SSSR count). The summed E-state index contributed by atoms with van der Waals surface area (Å²) in [6, 6.07) is 8.71. The van der Waals surface area contributed by atoms with Gasteiger partial charge >= 0.3 is 0 Å². The van der Waals surface area contributed by atoms with Crippen molar-refractivity contribution in [3.63, 3.8) is 0 Å². The van der Waals surface area contributed by atoms with E-state index in [4.69, 9.17) is 0 Å². The molecule has 5 nitrogen and oxygen atoms in total. The fourth-order valence-electron chi connectivity index (χ4n) is 2.98. The van der Waals surface area contributed by atoms with Crippen molar-refractivity contribution in [3.05, 3.63) is 59.7 Å². The van der Waals surface area contributed by atoms with Crippen LogP contribution in [0.2, 0.25) is 0 Å². The third-order valence-corrected chi connectivity index (χ3v) is 6.02. The van der Waals surface area contributed by atoms with Crippen molar-refractivity contribution in [1.82, 2.24) is 14.3 Å². The topological polar surface area (TPSA) is 66.1 Å². The molecule has 0 saturated heterocycles. The predicted octanol–water partition coefficient (Wildman–Crippen LogP) is 2.45. The second-order valence-corrected chi connectivity index (χ2v) is 7.46. The largest absolute Gasteiger partial charge is 0.343 e. The fraction of sp³-hybridized carbons (Fsp3) is 0.188. The third-order valence-electron chi connectivity index (χ3n) is 4.16. The minimum Gasteiger partial charge on any atom is -0.343 e. The number of pyridine rings is 1. The number of nitrogens with one attached hydrogen (secondary N) is 1. The molecule has 2 aromatic heterocycles. The van der Waals surface area contributed by atoms with Gasteiger partial charge in [0.05, 0.1) is 4.90 Å². The number of aromatic nitrogens is 2. The zero-order chi connectivity index (χ0) is 16.0. The number of H-pyrrole nitrogens is 1. The maximum absolute atomic E-state index is 13.0. The van der Waals surface area contributed by atoms with Gasteiger partial charge in [-0.05, 0) is 42.0 Å². The summed E-state index contributed by atoms with van der Waals surface area (Å²) in [5, 5.41) is 0.946. The molecule has 1 aliphatic rings. The first-order valence-corrected chi connectivity index (χ1v) is 8.70. The maximum atomic E-state index is 13.0. The summed E-state index contributed by atoms with van der Waals surface area (Å²) >= 11 is 0. The number of hydrogen-bond acceptors (Lipinski definition) is 3. The lowest BCUT2D eigenvalue weighted by Crippen LogP contribution is -2.35. The number of hydrogen-bond donors (Lipinski definition) is 1. The highest BCUT2D eigenvalue weighted by Gasteiger charge is 2.30. The van der Waals surface area contributed by atoms with Crippen LogP contribution in [0.5, 0.6) is 0 Å². The SMILES string of the molecule is O=S(=O)(c1ccc(F)cc1)N1CCc2[nH]c3ncccc3c2C1. The number of nitrogens with zero attached hydrogens (tertiary/aromatic N) is 2. The van der Waals surface area contributed by atoms with Gasteiger partial charge in [0.2, 0.25) is 10.0 Å². The van der Waals surface area contributed by atoms with E-state index in [0.29, 0.717) is 19.5 Å². The Bertz CT molecular complexity index is 980. The van der Waals surface area contributed by atoms with E-state index >= 15 is 0 Å². The lowest BCUT2D eigenvalue weighted by Gasteiger charge is -2.26. The van der Waals surface area contributed by atoms with Crippen molar-refractivity contribution in [3.8, 4) is 0 Å². The smallest absolute Gasteiger partial charge is 0.243 e. The highest BCUT2D eigenvalue weighted by Crippen LogP contribution is 2.29. The summed E-state index contributed by atoms with van der Waals surface area (Å²) in [5.74, 6) is -0.451. The van der Waals surface area contributed by atoms with Crippen LogP contribution >= 0.6 is 0 Å². The molecule has 1 N–H and O–H groups in total. The molecule has 3 aromatic rings. The van der Waals surface area contributed by atoms with Gasteiger partial charge < -0.3 is 4.98 Å². The summed E-state index contributed by atoms with van der Waals surface area (Å²) < 4.78 is 39.9. The van der Waals surface area contributed by atoms with Crippen LogP contribution in [0.3, 0.4) is 0 Å². The van der Waals surface area contributed by atoms with E-state index < -0.39 is 15.8 Å². The standard InChI is InChI=1S/C16H14FN3O2S/c17-11-3-5-12(6-4-11)23(21,22)20-9-7-15-14(10-20)13-2-1-8-18-16(13)19-15/h1-6,8H,7,9-10H2,(H,18,19). The Morgan fingerprint density at radius 2 is 1.96 bits per heavy atom. The summed E-state index contributed by atoms with van der Waals surface area (Å²) in [6.07, 6.45) is 2.31. The minimum absolute atomic E-state index is 0.111. The van der Waals surface area contributed by atoms with Crippen molar-refractivity contribution >= 4 is 21.1 Å². The average Bonchev–Trinajstić information content (AvgIpc) is 2.93. The lowest BCUT2D eigenvalue weighted by atomic mass is 10.1. The first-order chi connectivity index (χ1) is 11.1. The van der Waals surface area contributed by atoms with Gasteiger partial charge in [0, 0.05) is 36.8 Å². The molecule has 0 radical (unpaired) electrons. The molecule has 0 unspecified atom stereocenters. The first kappa shape index (κ1) is 14.3. The zero-order valence-electron chi connectivity index (χ0n) is 12.2. The van der Waals surface area contributed by atoms with Crippen molar-refractivity contribution in [2.24, 2.45) is 0 Å². The molecule has 0 fully saturated rings. The molecule has 1 aromatic carbocycles. The van der Waals surface area contributed by atoms with Crippen molar-refractivity contribution in [2.45, 2.75) is 17.9 Å². The second-order valence-electron chi connectivity index (χ2n) is 5.52. The molecule has 0 bridgehead atoms. The highest BCUT2D eigenvalue weighted by atomic mass is 32.2. The molecule has 0 aliphatic carbocycles. The Morgan fingerprint density at radius 3 is 2.74 bits per heavy atom. The van der Waals surface area contributed by atoms with E-state index in [1.807, 2.05) is 12.1 Å². The Morgan fingerprint density at radius 1 is 1.17 bits per heavy atom. The summed E-state index contributed by atoms with van der Waals surface area (Å²) in [6.45, 7) is 0.681. The van der Waals surface area contributed by atoms with Crippen LogP contribution in [0.1, 0.15) is 11.3 Å². The maximum Gasteiger partial charge on any atom is 0.243 e. The Balaban J connectivity index is 1.73. The number of rotatable bonds is 2. The van der Waals surface area contributed by atoms with E-state index in [-0.39, 0.29) is 4.90 Å². The molecule has 0 atom stereocenters. The number of benzene rings is 1. The molecular formula is C16H14FN3O2S. The monoisotopic (exact) mass is 331 g/mol. The molecule has 7 heteroatoms. The van der Waals surface area contributed by atoms with E-state index in [0.717, 1.165) is 34.4 Å². The van der Waals surface area contributed by atoms with Gasteiger partial charge in [0.15, 0.2) is 0 Å². The van der Waals surface area contributed by atoms with E-state index in [1.54, 1.807) is 6.20 Å². The molecule has 1 aliphatic heterocycles. The highest BCUT2D eigenvalue weighted by molar-refractivity contribution is 7.89. The van der Waals surface area contributed by atoms with Gasteiger partial charge in [-0.1, -0.05) is 0 Å². The van der Waals surface area contributed by atoms with E-state index in [1.165, 1.54) is 16.4 Å². The average molecular weight is 331 g/mol. The zero-order valence-corrected chi connectivity index (χ0v) is 13.0. The summed E-state index contributed by atoms with van der Waals surface area (Å²) in [5.41, 5.74) is 2.77. The summed E-state index contributed by atoms with van der Waals surface area (Å²) in [4.78, 5) is 7.64. The van der Waals surface area contributed by atoms with Gasteiger partial charge in [-0.2, -0.15) is 4.31 Å². The molecule has 118 valence electrons. The van der Waals surface area contributed by atoms with Crippen LogP contribution in [0.15, 0.2) is 47.5 Å². The van der Waals surface area contributed by atoms with E-state index in [9.17, 15) is 12.8 Å². The van der Waals surface area contributed by atoms with Crippen LogP contribution in [-0.4, -0.2) is 29.2 Å². The number of fused-ring (bicyclic) bond motifs is 3. The second kappa shape index (κ2) is 5.14. The molecular weight excluding hydrogens is 317 g/mol. The van der Waals surface area contributed by atoms with Gasteiger partial charge in [0.25, 0.3) is 0 Å². The minimum atomic E-state index is -3.64. The summed E-state index contributed by atoms with van der Waals surface area (Å²) in [7, 11) is -3.64. The molecule has 23 heavy (non-hydrogen) atoms. The normalized spacial score (nSPS) is 15.7. The number of sulfonamides is 1. The van der Waals surface area contributed by atoms with Gasteiger partial charge in [0.1, 0.15) is 11.5 Å². The van der Waals surface area contributed by atoms with E-state index in [2.05, 4.69) is 9.97 Å². The van der Waals surface area contributed by atoms with Crippen LogP contribution in [0.25, 0.3) is 11.0 Å². The van der Waals surface area contributed by atoms with Crippen LogP contribution in [0.4, 0.5) is 4.39 Å². The van der Waals surface area contributed by atoms with Crippen LogP contribution in [0, 0.1) is 5.82 Å². The number of aromatic amines is 1. The Kier molecular flexibility index (Phi) is 3.21. The number of halogens is 1. The molecule has 0 amide bonds. The predicted molar refractivity (Wildman–Crippen MR) is 83.8 cm³/mol. The molecule has 3 heterocycles. The van der Waals surface area contributed by atoms with Gasteiger partial charge in [-0.15, -0.1) is 0 Å². The fourth-order valence-corrected chi connectivity index (χ4v) is 4.38. The Labute approximate surface area is 132 Å². The third kappa shape index (κ3) is 2.32.